The molecule has 0 amide bonds. The van der Waals surface area contributed by atoms with Crippen molar-refractivity contribution in [2.24, 2.45) is 0 Å². The molecule has 108 valence electrons. The van der Waals surface area contributed by atoms with Crippen LogP contribution >= 0.6 is 39.1 Å². The number of halogens is 3. The molecule has 0 N–H and O–H groups in total. The van der Waals surface area contributed by atoms with Crippen LogP contribution in [0.2, 0.25) is 5.02 Å². The molecule has 2 nitrogen and oxygen atoms in total. The SMILES string of the molecule is CC(Cl)c1nc2c(Cl)cccc2n1Cc1cccc(Br)c1. The first-order chi connectivity index (χ1) is 10.1. The fraction of sp³-hybridized carbons (Fsp3) is 0.188. The van der Waals surface area contributed by atoms with E-state index in [0.717, 1.165) is 21.3 Å². The van der Waals surface area contributed by atoms with Crippen molar-refractivity contribution in [3.8, 4) is 0 Å². The van der Waals surface area contributed by atoms with Gasteiger partial charge in [0, 0.05) is 11.0 Å². The number of nitrogens with zero attached hydrogens (tertiary/aromatic N) is 2. The number of para-hydroxylation sites is 1. The summed E-state index contributed by atoms with van der Waals surface area (Å²) in [5.41, 5.74) is 2.99. The minimum Gasteiger partial charge on any atom is -0.322 e. The molecule has 0 aliphatic rings. The van der Waals surface area contributed by atoms with Crippen LogP contribution in [-0.2, 0) is 6.54 Å². The van der Waals surface area contributed by atoms with Crippen LogP contribution in [0.25, 0.3) is 11.0 Å². The fourth-order valence-electron chi connectivity index (χ4n) is 2.42. The average molecular weight is 384 g/mol. The Kier molecular flexibility index (Phi) is 4.25. The lowest BCUT2D eigenvalue weighted by atomic mass is 10.2. The normalized spacial score (nSPS) is 12.8. The summed E-state index contributed by atoms with van der Waals surface area (Å²) >= 11 is 16.0. The lowest BCUT2D eigenvalue weighted by Gasteiger charge is -2.11. The molecule has 1 atom stereocenters. The Balaban J connectivity index is 2.16. The van der Waals surface area contributed by atoms with E-state index in [1.807, 2.05) is 37.3 Å². The number of fused-ring (bicyclic) bond motifs is 1. The first-order valence-electron chi connectivity index (χ1n) is 6.59. The molecule has 0 spiro atoms. The maximum Gasteiger partial charge on any atom is 0.128 e. The second-order valence-corrected chi connectivity index (χ2v) is 6.89. The van der Waals surface area contributed by atoms with Crippen LogP contribution in [0.15, 0.2) is 46.9 Å². The van der Waals surface area contributed by atoms with Crippen LogP contribution in [0.1, 0.15) is 23.7 Å². The Labute approximate surface area is 141 Å². The van der Waals surface area contributed by atoms with Crippen LogP contribution in [0, 0.1) is 0 Å². The van der Waals surface area contributed by atoms with E-state index in [-0.39, 0.29) is 5.38 Å². The highest BCUT2D eigenvalue weighted by Gasteiger charge is 2.16. The molecule has 0 fully saturated rings. The Hall–Kier alpha value is -1.03. The number of imidazole rings is 1. The van der Waals surface area contributed by atoms with Crippen molar-refractivity contribution in [2.45, 2.75) is 18.8 Å². The molecular weight excluding hydrogens is 371 g/mol. The zero-order valence-corrected chi connectivity index (χ0v) is 14.5. The van der Waals surface area contributed by atoms with Crippen LogP contribution < -0.4 is 0 Å². The van der Waals surface area contributed by atoms with Crippen LogP contribution in [0.4, 0.5) is 0 Å². The Bertz CT molecular complexity index is 796. The average Bonchev–Trinajstić information content (AvgIpc) is 2.80. The van der Waals surface area contributed by atoms with Crippen molar-refractivity contribution < 1.29 is 0 Å². The number of alkyl halides is 1. The lowest BCUT2D eigenvalue weighted by molar-refractivity contribution is 0.742. The Morgan fingerprint density at radius 1 is 1.24 bits per heavy atom. The van der Waals surface area contributed by atoms with Gasteiger partial charge in [-0.25, -0.2) is 4.98 Å². The molecule has 1 aromatic heterocycles. The molecule has 1 unspecified atom stereocenters. The number of aromatic nitrogens is 2. The van der Waals surface area contributed by atoms with Crippen LogP contribution in [0.5, 0.6) is 0 Å². The Morgan fingerprint density at radius 3 is 2.71 bits per heavy atom. The molecule has 5 heteroatoms. The summed E-state index contributed by atoms with van der Waals surface area (Å²) in [4.78, 5) is 4.62. The molecule has 0 saturated carbocycles. The standard InChI is InChI=1S/C16H13BrCl2N2/c1-10(18)16-20-15-13(19)6-3-7-14(15)21(16)9-11-4-2-5-12(17)8-11/h2-8,10H,9H2,1H3. The van der Waals surface area contributed by atoms with Gasteiger partial charge in [0.1, 0.15) is 11.3 Å². The van der Waals surface area contributed by atoms with Gasteiger partial charge in [-0.2, -0.15) is 0 Å². The topological polar surface area (TPSA) is 17.8 Å². The number of rotatable bonds is 3. The maximum absolute atomic E-state index is 6.29. The minimum atomic E-state index is -0.180. The summed E-state index contributed by atoms with van der Waals surface area (Å²) in [7, 11) is 0. The van der Waals surface area contributed by atoms with Crippen molar-refractivity contribution in [1.29, 1.82) is 0 Å². The number of hydrogen-bond acceptors (Lipinski definition) is 1. The van der Waals surface area contributed by atoms with Crippen molar-refractivity contribution in [1.82, 2.24) is 9.55 Å². The first kappa shape index (κ1) is 14.9. The molecule has 3 aromatic rings. The van der Waals surface area contributed by atoms with Gasteiger partial charge in [-0.15, -0.1) is 11.6 Å². The molecule has 0 aliphatic carbocycles. The van der Waals surface area contributed by atoms with Gasteiger partial charge >= 0.3 is 0 Å². The van der Waals surface area contributed by atoms with Crippen molar-refractivity contribution in [2.75, 3.05) is 0 Å². The highest BCUT2D eigenvalue weighted by atomic mass is 79.9. The molecule has 0 radical (unpaired) electrons. The van der Waals surface area contributed by atoms with Crippen LogP contribution in [-0.4, -0.2) is 9.55 Å². The summed E-state index contributed by atoms with van der Waals surface area (Å²) in [5, 5.41) is 0.472. The van der Waals surface area contributed by atoms with E-state index in [4.69, 9.17) is 23.2 Å². The zero-order valence-electron chi connectivity index (χ0n) is 11.4. The number of benzene rings is 2. The minimum absolute atomic E-state index is 0.180. The second kappa shape index (κ2) is 5.99. The summed E-state index contributed by atoms with van der Waals surface area (Å²) < 4.78 is 3.18. The quantitative estimate of drug-likeness (QED) is 0.522. The third-order valence-corrected chi connectivity index (χ3v) is 4.34. The van der Waals surface area contributed by atoms with E-state index in [2.05, 4.69) is 37.6 Å². The van der Waals surface area contributed by atoms with E-state index >= 15 is 0 Å². The van der Waals surface area contributed by atoms with Gasteiger partial charge in [0.25, 0.3) is 0 Å². The maximum atomic E-state index is 6.29. The molecule has 0 aliphatic heterocycles. The smallest absolute Gasteiger partial charge is 0.128 e. The molecular formula is C16H13BrCl2N2. The number of hydrogen-bond donors (Lipinski definition) is 0. The van der Waals surface area contributed by atoms with Gasteiger partial charge in [0.15, 0.2) is 0 Å². The lowest BCUT2D eigenvalue weighted by Crippen LogP contribution is -2.05. The van der Waals surface area contributed by atoms with Gasteiger partial charge in [0.2, 0.25) is 0 Å². The van der Waals surface area contributed by atoms with Gasteiger partial charge in [0.05, 0.1) is 15.9 Å². The highest BCUT2D eigenvalue weighted by molar-refractivity contribution is 9.10. The van der Waals surface area contributed by atoms with E-state index in [1.165, 1.54) is 5.56 Å². The Morgan fingerprint density at radius 2 is 2.00 bits per heavy atom. The van der Waals surface area contributed by atoms with Gasteiger partial charge in [-0.05, 0) is 36.8 Å². The molecule has 0 saturated heterocycles. The van der Waals surface area contributed by atoms with E-state index in [1.54, 1.807) is 0 Å². The van der Waals surface area contributed by atoms with Crippen LogP contribution in [0.3, 0.4) is 0 Å². The molecule has 21 heavy (non-hydrogen) atoms. The van der Waals surface area contributed by atoms with Crippen molar-refractivity contribution >= 4 is 50.2 Å². The second-order valence-electron chi connectivity index (χ2n) is 4.91. The third kappa shape index (κ3) is 2.96. The van der Waals surface area contributed by atoms with Crippen molar-refractivity contribution in [3.05, 3.63) is 63.3 Å². The third-order valence-electron chi connectivity index (χ3n) is 3.34. The molecule has 0 bridgehead atoms. The predicted octanol–water partition coefficient (Wildman–Crippen LogP) is 5.80. The summed E-state index contributed by atoms with van der Waals surface area (Å²) in [6, 6.07) is 14.0. The van der Waals surface area contributed by atoms with E-state index < -0.39 is 0 Å². The predicted molar refractivity (Wildman–Crippen MR) is 92.3 cm³/mol. The molecule has 3 rings (SSSR count). The summed E-state index contributed by atoms with van der Waals surface area (Å²) in [6.45, 7) is 2.64. The largest absolute Gasteiger partial charge is 0.322 e. The van der Waals surface area contributed by atoms with E-state index in [0.29, 0.717) is 11.6 Å². The first-order valence-corrected chi connectivity index (χ1v) is 8.20. The monoisotopic (exact) mass is 382 g/mol. The van der Waals surface area contributed by atoms with Gasteiger partial charge < -0.3 is 4.57 Å². The highest BCUT2D eigenvalue weighted by Crippen LogP contribution is 2.29. The fourth-order valence-corrected chi connectivity index (χ4v) is 3.24. The van der Waals surface area contributed by atoms with Gasteiger partial charge in [-0.3, -0.25) is 0 Å². The molecule has 2 aromatic carbocycles. The molecule has 1 heterocycles. The zero-order chi connectivity index (χ0) is 15.0. The van der Waals surface area contributed by atoms with E-state index in [9.17, 15) is 0 Å². The van der Waals surface area contributed by atoms with Gasteiger partial charge in [-0.1, -0.05) is 45.7 Å². The summed E-state index contributed by atoms with van der Waals surface area (Å²) in [6.07, 6.45) is 0. The summed E-state index contributed by atoms with van der Waals surface area (Å²) in [5.74, 6) is 0.833. The van der Waals surface area contributed by atoms with Crippen molar-refractivity contribution in [3.63, 3.8) is 0 Å².